The maximum Gasteiger partial charge on any atom is 0.339 e. The number of hydrogen-bond acceptors (Lipinski definition) is 6. The molecule has 10 heteroatoms. The number of carboxylic acid groups (broad SMARTS) is 1. The van der Waals surface area contributed by atoms with Gasteiger partial charge in [-0.25, -0.2) is 4.79 Å². The maximum absolute atomic E-state index is 12.6. The highest BCUT2D eigenvalue weighted by Gasteiger charge is 2.26. The Hall–Kier alpha value is -4.05. The maximum atomic E-state index is 12.6. The standard InChI is InChI=1S/C20H15N3O6S/c1-11-15(20(26)27)19(22-17(24)12-6-5-9-14(10-12)23(28)29)30-16(11)18(25)21-13-7-3-2-4-8-13/h2-10H,1H3,(H,21,25)(H,22,24)(H,26,27). The van der Waals surface area contributed by atoms with Gasteiger partial charge in [0.2, 0.25) is 0 Å². The zero-order valence-corrected chi connectivity index (χ0v) is 16.4. The van der Waals surface area contributed by atoms with Gasteiger partial charge in [-0.15, -0.1) is 11.3 Å². The molecule has 3 N–H and O–H groups in total. The number of nitro benzene ring substituents is 1. The minimum Gasteiger partial charge on any atom is -0.478 e. The fourth-order valence-corrected chi connectivity index (χ4v) is 3.81. The fraction of sp³-hybridized carbons (Fsp3) is 0.0500. The van der Waals surface area contributed by atoms with Crippen molar-refractivity contribution in [3.8, 4) is 0 Å². The van der Waals surface area contributed by atoms with Gasteiger partial charge in [0, 0.05) is 23.4 Å². The van der Waals surface area contributed by atoms with Crippen LogP contribution in [-0.2, 0) is 0 Å². The van der Waals surface area contributed by atoms with Crippen LogP contribution < -0.4 is 10.6 Å². The Morgan fingerprint density at radius 2 is 1.70 bits per heavy atom. The molecule has 0 spiro atoms. The monoisotopic (exact) mass is 425 g/mol. The molecule has 2 aromatic carbocycles. The molecule has 0 aliphatic heterocycles. The van der Waals surface area contributed by atoms with Crippen molar-refractivity contribution in [3.63, 3.8) is 0 Å². The van der Waals surface area contributed by atoms with Crippen LogP contribution in [0.3, 0.4) is 0 Å². The summed E-state index contributed by atoms with van der Waals surface area (Å²) in [5, 5.41) is 25.6. The van der Waals surface area contributed by atoms with Gasteiger partial charge in [-0.3, -0.25) is 19.7 Å². The number of nitrogens with zero attached hydrogens (tertiary/aromatic N) is 1. The van der Waals surface area contributed by atoms with Gasteiger partial charge in [-0.05, 0) is 30.7 Å². The highest BCUT2D eigenvalue weighted by molar-refractivity contribution is 7.19. The van der Waals surface area contributed by atoms with Crippen LogP contribution in [0.15, 0.2) is 54.6 Å². The van der Waals surface area contributed by atoms with Gasteiger partial charge < -0.3 is 15.7 Å². The SMILES string of the molecule is Cc1c(C(=O)Nc2ccccc2)sc(NC(=O)c2cccc([N+](=O)[O-])c2)c1C(=O)O. The van der Waals surface area contributed by atoms with Crippen LogP contribution >= 0.6 is 11.3 Å². The summed E-state index contributed by atoms with van der Waals surface area (Å²) in [6, 6.07) is 13.7. The normalized spacial score (nSPS) is 10.3. The summed E-state index contributed by atoms with van der Waals surface area (Å²) in [4.78, 5) is 47.3. The number of anilines is 2. The number of nitro groups is 1. The average Bonchev–Trinajstić information content (AvgIpc) is 3.04. The number of carboxylic acids is 1. The van der Waals surface area contributed by atoms with Crippen LogP contribution in [0.1, 0.15) is 36.0 Å². The molecule has 0 bridgehead atoms. The topological polar surface area (TPSA) is 139 Å². The summed E-state index contributed by atoms with van der Waals surface area (Å²) in [5.74, 6) is -2.55. The van der Waals surface area contributed by atoms with Crippen LogP contribution in [0, 0.1) is 17.0 Å². The lowest BCUT2D eigenvalue weighted by molar-refractivity contribution is -0.384. The first kappa shape index (κ1) is 20.7. The molecule has 0 aliphatic carbocycles. The molecule has 0 atom stereocenters. The second kappa shape index (κ2) is 8.53. The molecule has 2 amide bonds. The van der Waals surface area contributed by atoms with Crippen molar-refractivity contribution in [3.05, 3.63) is 86.3 Å². The quantitative estimate of drug-likeness (QED) is 0.400. The van der Waals surface area contributed by atoms with Crippen molar-refractivity contribution in [1.82, 2.24) is 0 Å². The molecule has 0 saturated heterocycles. The Morgan fingerprint density at radius 3 is 2.33 bits per heavy atom. The molecular formula is C20H15N3O6S. The van der Waals surface area contributed by atoms with E-state index < -0.39 is 22.7 Å². The first-order valence-electron chi connectivity index (χ1n) is 8.57. The van der Waals surface area contributed by atoms with Crippen LogP contribution in [0.2, 0.25) is 0 Å². The van der Waals surface area contributed by atoms with E-state index in [1.165, 1.54) is 25.1 Å². The van der Waals surface area contributed by atoms with E-state index in [0.717, 1.165) is 17.4 Å². The number of carbonyl (C=O) groups is 3. The van der Waals surface area contributed by atoms with Gasteiger partial charge in [-0.1, -0.05) is 24.3 Å². The van der Waals surface area contributed by atoms with E-state index in [4.69, 9.17) is 0 Å². The van der Waals surface area contributed by atoms with E-state index in [2.05, 4.69) is 10.6 Å². The van der Waals surface area contributed by atoms with E-state index in [-0.39, 0.29) is 32.3 Å². The number of carbonyl (C=O) groups excluding carboxylic acids is 2. The summed E-state index contributed by atoms with van der Waals surface area (Å²) in [6.07, 6.45) is 0. The highest BCUT2D eigenvalue weighted by atomic mass is 32.1. The number of benzene rings is 2. The Labute approximate surface area is 174 Å². The van der Waals surface area contributed by atoms with Gasteiger partial charge in [0.25, 0.3) is 17.5 Å². The van der Waals surface area contributed by atoms with E-state index in [1.54, 1.807) is 30.3 Å². The number of nitrogens with one attached hydrogen (secondary N) is 2. The van der Waals surface area contributed by atoms with E-state index >= 15 is 0 Å². The van der Waals surface area contributed by atoms with Crippen molar-refractivity contribution >= 4 is 45.5 Å². The highest BCUT2D eigenvalue weighted by Crippen LogP contribution is 2.34. The number of hydrogen-bond donors (Lipinski definition) is 3. The molecule has 1 aromatic heterocycles. The van der Waals surface area contributed by atoms with Crippen molar-refractivity contribution in [2.75, 3.05) is 10.6 Å². The summed E-state index contributed by atoms with van der Waals surface area (Å²) in [7, 11) is 0. The molecule has 0 fully saturated rings. The molecular weight excluding hydrogens is 410 g/mol. The first-order valence-corrected chi connectivity index (χ1v) is 9.38. The lowest BCUT2D eigenvalue weighted by Gasteiger charge is -2.04. The Kier molecular flexibility index (Phi) is 5.88. The van der Waals surface area contributed by atoms with E-state index in [1.807, 2.05) is 0 Å². The summed E-state index contributed by atoms with van der Waals surface area (Å²) in [6.45, 7) is 1.48. The number of thiophene rings is 1. The molecule has 3 aromatic rings. The minimum absolute atomic E-state index is 0.0121. The molecule has 30 heavy (non-hydrogen) atoms. The van der Waals surface area contributed by atoms with Crippen LogP contribution in [-0.4, -0.2) is 27.8 Å². The predicted octanol–water partition coefficient (Wildman–Crippen LogP) is 4.17. The predicted molar refractivity (Wildman–Crippen MR) is 111 cm³/mol. The molecule has 0 radical (unpaired) electrons. The second-order valence-electron chi connectivity index (χ2n) is 6.15. The fourth-order valence-electron chi connectivity index (χ4n) is 2.72. The third-order valence-electron chi connectivity index (χ3n) is 4.14. The van der Waals surface area contributed by atoms with Gasteiger partial charge in [0.15, 0.2) is 0 Å². The summed E-state index contributed by atoms with van der Waals surface area (Å²) in [5.41, 5.74) is 0.245. The number of rotatable bonds is 6. The molecule has 1 heterocycles. The zero-order chi connectivity index (χ0) is 21.8. The van der Waals surface area contributed by atoms with Crippen molar-refractivity contribution in [1.29, 1.82) is 0 Å². The number of para-hydroxylation sites is 1. The molecule has 3 rings (SSSR count). The number of non-ortho nitro benzene ring substituents is 1. The summed E-state index contributed by atoms with van der Waals surface area (Å²) < 4.78 is 0. The Balaban J connectivity index is 1.91. The van der Waals surface area contributed by atoms with Gasteiger partial charge in [0.1, 0.15) is 5.00 Å². The zero-order valence-electron chi connectivity index (χ0n) is 15.5. The van der Waals surface area contributed by atoms with Gasteiger partial charge in [-0.2, -0.15) is 0 Å². The van der Waals surface area contributed by atoms with Crippen LogP contribution in [0.25, 0.3) is 0 Å². The Bertz CT molecular complexity index is 1160. The lowest BCUT2D eigenvalue weighted by atomic mass is 10.1. The molecule has 0 saturated carbocycles. The van der Waals surface area contributed by atoms with E-state index in [9.17, 15) is 29.6 Å². The second-order valence-corrected chi connectivity index (χ2v) is 7.17. The lowest BCUT2D eigenvalue weighted by Crippen LogP contribution is -2.14. The third-order valence-corrected chi connectivity index (χ3v) is 5.35. The summed E-state index contributed by atoms with van der Waals surface area (Å²) >= 11 is 0.817. The number of amides is 2. The van der Waals surface area contributed by atoms with Gasteiger partial charge in [0.05, 0.1) is 15.4 Å². The molecule has 0 aliphatic rings. The largest absolute Gasteiger partial charge is 0.478 e. The molecule has 152 valence electrons. The van der Waals surface area contributed by atoms with E-state index in [0.29, 0.717) is 5.69 Å². The third kappa shape index (κ3) is 4.33. The smallest absolute Gasteiger partial charge is 0.339 e. The first-order chi connectivity index (χ1) is 14.3. The van der Waals surface area contributed by atoms with Crippen molar-refractivity contribution < 1.29 is 24.4 Å². The van der Waals surface area contributed by atoms with Gasteiger partial charge >= 0.3 is 5.97 Å². The Morgan fingerprint density at radius 1 is 1.00 bits per heavy atom. The average molecular weight is 425 g/mol. The van der Waals surface area contributed by atoms with Crippen LogP contribution in [0.4, 0.5) is 16.4 Å². The minimum atomic E-state index is -1.31. The van der Waals surface area contributed by atoms with Crippen LogP contribution in [0.5, 0.6) is 0 Å². The molecule has 9 nitrogen and oxygen atoms in total. The van der Waals surface area contributed by atoms with Crippen molar-refractivity contribution in [2.24, 2.45) is 0 Å². The van der Waals surface area contributed by atoms with Crippen molar-refractivity contribution in [2.45, 2.75) is 6.92 Å². The number of aromatic carboxylic acids is 1. The molecule has 0 unspecified atom stereocenters.